The molecule has 0 radical (unpaired) electrons. The summed E-state index contributed by atoms with van der Waals surface area (Å²) in [6.45, 7) is 4.96. The highest BCUT2D eigenvalue weighted by molar-refractivity contribution is 7.88. The van der Waals surface area contributed by atoms with Crippen LogP contribution in [-0.2, 0) is 10.2 Å². The van der Waals surface area contributed by atoms with Crippen molar-refractivity contribution in [1.82, 2.24) is 19.3 Å². The second kappa shape index (κ2) is 9.54. The third kappa shape index (κ3) is 5.46. The number of nitrogens with zero attached hydrogens (tertiary/aromatic N) is 3. The Hall–Kier alpha value is -2.83. The maximum atomic E-state index is 11.6. The summed E-state index contributed by atoms with van der Waals surface area (Å²) >= 11 is 0. The summed E-state index contributed by atoms with van der Waals surface area (Å²) in [6.07, 6.45) is 0.149. The highest BCUT2D eigenvalue weighted by atomic mass is 32.2. The van der Waals surface area contributed by atoms with Crippen molar-refractivity contribution >= 4 is 32.9 Å². The monoisotopic (exact) mass is 453 g/mol. The number of piperazine rings is 1. The Kier molecular flexibility index (Phi) is 7.03. The molecule has 12 heteroatoms. The molecule has 11 nitrogen and oxygen atoms in total. The van der Waals surface area contributed by atoms with Crippen molar-refractivity contribution in [2.24, 2.45) is 0 Å². The molecule has 1 aliphatic heterocycles. The van der Waals surface area contributed by atoms with Crippen molar-refractivity contribution in [2.75, 3.05) is 51.8 Å². The van der Waals surface area contributed by atoms with E-state index in [1.165, 1.54) is 4.72 Å². The Balaban J connectivity index is 1.67. The van der Waals surface area contributed by atoms with Gasteiger partial charge in [0.25, 0.3) is 0 Å². The van der Waals surface area contributed by atoms with Gasteiger partial charge in [0.2, 0.25) is 0 Å². The number of carboxylic acid groups (broad SMARTS) is 1. The first kappa shape index (κ1) is 22.8. The molecule has 1 atom stereocenters. The summed E-state index contributed by atoms with van der Waals surface area (Å²) in [4.78, 5) is 19.4. The zero-order valence-electron chi connectivity index (χ0n) is 17.7. The maximum absolute atomic E-state index is 11.6. The standard InChI is InChI=1S/C19H27N5O6S/c1-13(12-21-31(27,28)22-19(25)26)23-6-8-24(9-7-23)16-4-5-20-15-11-18(30-3)17(29-2)10-14(15)16/h4-5,10-11,13,21-22H,6-9,12H2,1-3H3,(H,25,26). The second-order valence-electron chi connectivity index (χ2n) is 7.19. The van der Waals surface area contributed by atoms with Crippen molar-refractivity contribution in [3.63, 3.8) is 0 Å². The molecule has 0 saturated carbocycles. The van der Waals surface area contributed by atoms with Gasteiger partial charge in [0.15, 0.2) is 11.5 Å². The van der Waals surface area contributed by atoms with Crippen molar-refractivity contribution in [1.29, 1.82) is 0 Å². The first-order chi connectivity index (χ1) is 14.7. The summed E-state index contributed by atoms with van der Waals surface area (Å²) in [5.41, 5.74) is 1.86. The van der Waals surface area contributed by atoms with Crippen molar-refractivity contribution in [3.05, 3.63) is 24.4 Å². The van der Waals surface area contributed by atoms with Gasteiger partial charge in [0, 0.05) is 62.1 Å². The number of rotatable bonds is 8. The number of hydrogen-bond acceptors (Lipinski definition) is 8. The number of aromatic nitrogens is 1. The molecule has 2 heterocycles. The highest BCUT2D eigenvalue weighted by Crippen LogP contribution is 2.35. The van der Waals surface area contributed by atoms with E-state index >= 15 is 0 Å². The maximum Gasteiger partial charge on any atom is 0.419 e. The summed E-state index contributed by atoms with van der Waals surface area (Å²) in [5, 5.41) is 9.54. The van der Waals surface area contributed by atoms with Gasteiger partial charge in [-0.3, -0.25) is 9.88 Å². The number of anilines is 1. The summed E-state index contributed by atoms with van der Waals surface area (Å²) in [6, 6.07) is 5.66. The lowest BCUT2D eigenvalue weighted by atomic mass is 10.1. The van der Waals surface area contributed by atoms with Crippen LogP contribution in [0.1, 0.15) is 6.92 Å². The fourth-order valence-electron chi connectivity index (χ4n) is 3.65. The van der Waals surface area contributed by atoms with Crippen LogP contribution in [0.2, 0.25) is 0 Å². The molecule has 2 aromatic rings. The Morgan fingerprint density at radius 2 is 1.84 bits per heavy atom. The predicted molar refractivity (Wildman–Crippen MR) is 116 cm³/mol. The molecule has 0 spiro atoms. The van der Waals surface area contributed by atoms with Crippen LogP contribution in [0.5, 0.6) is 11.5 Å². The van der Waals surface area contributed by atoms with Crippen molar-refractivity contribution in [2.45, 2.75) is 13.0 Å². The Bertz CT molecular complexity index is 1040. The number of amides is 1. The van der Waals surface area contributed by atoms with Crippen LogP contribution < -0.4 is 23.8 Å². The topological polar surface area (TPSA) is 133 Å². The normalized spacial score (nSPS) is 16.2. The molecule has 0 aliphatic carbocycles. The van der Waals surface area contributed by atoms with Crippen molar-refractivity contribution < 1.29 is 27.8 Å². The molecule has 170 valence electrons. The fraction of sp³-hybridized carbons (Fsp3) is 0.474. The molecule has 31 heavy (non-hydrogen) atoms. The molecule has 1 saturated heterocycles. The molecular weight excluding hydrogens is 426 g/mol. The van der Waals surface area contributed by atoms with Gasteiger partial charge in [0.05, 0.1) is 19.7 Å². The molecular formula is C19H27N5O6S. The number of hydrogen-bond donors (Lipinski definition) is 3. The second-order valence-corrected chi connectivity index (χ2v) is 8.69. The average molecular weight is 454 g/mol. The molecule has 1 aromatic heterocycles. The lowest BCUT2D eigenvalue weighted by molar-refractivity contribution is 0.196. The van der Waals surface area contributed by atoms with Crippen LogP contribution in [0.25, 0.3) is 10.9 Å². The van der Waals surface area contributed by atoms with E-state index in [0.29, 0.717) is 11.5 Å². The third-order valence-electron chi connectivity index (χ3n) is 5.29. The zero-order valence-corrected chi connectivity index (χ0v) is 18.5. The van der Waals surface area contributed by atoms with E-state index in [1.54, 1.807) is 20.4 Å². The highest BCUT2D eigenvalue weighted by Gasteiger charge is 2.24. The van der Waals surface area contributed by atoms with Crippen LogP contribution in [0.4, 0.5) is 10.5 Å². The van der Waals surface area contributed by atoms with Crippen LogP contribution in [0, 0.1) is 0 Å². The van der Waals surface area contributed by atoms with Gasteiger partial charge in [0.1, 0.15) is 0 Å². The van der Waals surface area contributed by atoms with Gasteiger partial charge in [-0.25, -0.2) is 9.52 Å². The van der Waals surface area contributed by atoms with Gasteiger partial charge in [-0.2, -0.15) is 13.1 Å². The van der Waals surface area contributed by atoms with Gasteiger partial charge in [-0.05, 0) is 19.1 Å². The first-order valence-electron chi connectivity index (χ1n) is 9.74. The first-order valence-corrected chi connectivity index (χ1v) is 11.2. The third-order valence-corrected chi connectivity index (χ3v) is 6.28. The minimum absolute atomic E-state index is 0.0916. The lowest BCUT2D eigenvalue weighted by Crippen LogP contribution is -2.53. The number of benzene rings is 1. The van der Waals surface area contributed by atoms with E-state index in [9.17, 15) is 13.2 Å². The number of pyridine rings is 1. The predicted octanol–water partition coefficient (Wildman–Crippen LogP) is 0.865. The quantitative estimate of drug-likeness (QED) is 0.532. The molecule has 1 aliphatic rings. The van der Waals surface area contributed by atoms with E-state index < -0.39 is 16.3 Å². The minimum atomic E-state index is -4.07. The largest absolute Gasteiger partial charge is 0.493 e. The Morgan fingerprint density at radius 1 is 1.19 bits per heavy atom. The average Bonchev–Trinajstić information content (AvgIpc) is 2.75. The van der Waals surface area contributed by atoms with Crippen LogP contribution in [0.15, 0.2) is 24.4 Å². The zero-order chi connectivity index (χ0) is 22.6. The summed E-state index contributed by atoms with van der Waals surface area (Å²) in [7, 11) is -0.884. The molecule has 1 aromatic carbocycles. The fourth-order valence-corrected chi connectivity index (χ4v) is 4.41. The van der Waals surface area contributed by atoms with Crippen LogP contribution >= 0.6 is 0 Å². The van der Waals surface area contributed by atoms with E-state index in [2.05, 4.69) is 19.5 Å². The van der Waals surface area contributed by atoms with Crippen LogP contribution in [0.3, 0.4) is 0 Å². The van der Waals surface area contributed by atoms with E-state index in [4.69, 9.17) is 14.6 Å². The number of ether oxygens (including phenoxy) is 2. The molecule has 1 fully saturated rings. The summed E-state index contributed by atoms with van der Waals surface area (Å²) < 4.78 is 37.8. The number of nitrogens with one attached hydrogen (secondary N) is 2. The molecule has 3 N–H and O–H groups in total. The van der Waals surface area contributed by atoms with E-state index in [0.717, 1.165) is 42.8 Å². The SMILES string of the molecule is COc1cc2nccc(N3CCN(C(C)CNS(=O)(=O)NC(=O)O)CC3)c2cc1OC. The smallest absolute Gasteiger partial charge is 0.419 e. The number of methoxy groups -OCH3 is 2. The van der Waals surface area contributed by atoms with Gasteiger partial charge in [-0.1, -0.05) is 0 Å². The Labute approximate surface area is 181 Å². The molecule has 1 unspecified atom stereocenters. The van der Waals surface area contributed by atoms with Crippen molar-refractivity contribution in [3.8, 4) is 11.5 Å². The molecule has 1 amide bonds. The Morgan fingerprint density at radius 3 is 2.45 bits per heavy atom. The summed E-state index contributed by atoms with van der Waals surface area (Å²) in [5.74, 6) is 1.26. The van der Waals surface area contributed by atoms with E-state index in [-0.39, 0.29) is 12.6 Å². The number of carbonyl (C=O) groups is 1. The van der Waals surface area contributed by atoms with Crippen LogP contribution in [-0.4, -0.2) is 82.5 Å². The minimum Gasteiger partial charge on any atom is -0.493 e. The molecule has 3 rings (SSSR count). The number of fused-ring (bicyclic) bond motifs is 1. The lowest BCUT2D eigenvalue weighted by Gasteiger charge is -2.39. The van der Waals surface area contributed by atoms with E-state index in [1.807, 2.05) is 25.1 Å². The molecule has 0 bridgehead atoms. The van der Waals surface area contributed by atoms with Gasteiger partial charge < -0.3 is 19.5 Å². The van der Waals surface area contributed by atoms with Gasteiger partial charge in [-0.15, -0.1) is 0 Å². The van der Waals surface area contributed by atoms with Gasteiger partial charge >= 0.3 is 16.3 Å².